The van der Waals surface area contributed by atoms with Crippen molar-refractivity contribution in [3.63, 3.8) is 0 Å². The van der Waals surface area contributed by atoms with Crippen LogP contribution in [0.5, 0.6) is 0 Å². The largest absolute Gasteiger partial charge is 0.347 e. The van der Waals surface area contributed by atoms with E-state index in [1.54, 1.807) is 0 Å². The van der Waals surface area contributed by atoms with Gasteiger partial charge in [-0.3, -0.25) is 9.78 Å². The topological polar surface area (TPSA) is 54.9 Å². The number of hydrogen-bond donors (Lipinski definition) is 1. The highest BCUT2D eigenvalue weighted by Crippen LogP contribution is 2.09. The van der Waals surface area contributed by atoms with Gasteiger partial charge in [-0.2, -0.15) is 0 Å². The Kier molecular flexibility index (Phi) is 3.60. The van der Waals surface area contributed by atoms with E-state index in [9.17, 15) is 4.79 Å². The third kappa shape index (κ3) is 3.05. The summed E-state index contributed by atoms with van der Waals surface area (Å²) in [6.07, 6.45) is 1.51. The van der Waals surface area contributed by atoms with Gasteiger partial charge in [-0.05, 0) is 24.6 Å². The van der Waals surface area contributed by atoms with Gasteiger partial charge in [0, 0.05) is 6.54 Å². The molecule has 0 saturated carbocycles. The van der Waals surface area contributed by atoms with Gasteiger partial charge in [0.2, 0.25) is 0 Å². The van der Waals surface area contributed by atoms with Crippen LogP contribution in [0.1, 0.15) is 21.6 Å². The molecule has 0 aliphatic carbocycles. The van der Waals surface area contributed by atoms with Crippen LogP contribution in [0.2, 0.25) is 0 Å². The molecule has 1 amide bonds. The first-order chi connectivity index (χ1) is 10.2. The lowest BCUT2D eigenvalue weighted by Gasteiger charge is -2.06. The van der Waals surface area contributed by atoms with Crippen molar-refractivity contribution >= 4 is 16.9 Å². The van der Waals surface area contributed by atoms with E-state index in [1.807, 2.05) is 55.5 Å². The predicted molar refractivity (Wildman–Crippen MR) is 81.9 cm³/mol. The molecule has 0 aliphatic rings. The molecule has 0 bridgehead atoms. The minimum absolute atomic E-state index is 0.213. The van der Waals surface area contributed by atoms with Gasteiger partial charge in [-0.15, -0.1) is 0 Å². The van der Waals surface area contributed by atoms with Crippen LogP contribution in [0.15, 0.2) is 54.7 Å². The molecule has 21 heavy (non-hydrogen) atoms. The number of carbonyl (C=O) groups excluding carboxylic acids is 1. The molecular weight excluding hydrogens is 262 g/mol. The highest BCUT2D eigenvalue weighted by atomic mass is 16.1. The maximum Gasteiger partial charge on any atom is 0.271 e. The SMILES string of the molecule is Cc1cccc(CNC(=O)c2cnc3ccccc3n2)c1. The zero-order valence-corrected chi connectivity index (χ0v) is 11.7. The lowest BCUT2D eigenvalue weighted by Crippen LogP contribution is -2.24. The van der Waals surface area contributed by atoms with Crippen LogP contribution >= 0.6 is 0 Å². The van der Waals surface area contributed by atoms with Gasteiger partial charge in [-0.25, -0.2) is 4.98 Å². The van der Waals surface area contributed by atoms with Gasteiger partial charge in [0.05, 0.1) is 17.2 Å². The standard InChI is InChI=1S/C17H15N3O/c1-12-5-4-6-13(9-12)10-19-17(21)16-11-18-14-7-2-3-8-15(14)20-16/h2-9,11H,10H2,1H3,(H,19,21). The fourth-order valence-corrected chi connectivity index (χ4v) is 2.16. The number of aryl methyl sites for hydroxylation is 1. The summed E-state index contributed by atoms with van der Waals surface area (Å²) in [4.78, 5) is 20.7. The van der Waals surface area contributed by atoms with E-state index in [1.165, 1.54) is 11.8 Å². The second-order valence-electron chi connectivity index (χ2n) is 4.92. The number of para-hydroxylation sites is 2. The van der Waals surface area contributed by atoms with Crippen molar-refractivity contribution < 1.29 is 4.79 Å². The van der Waals surface area contributed by atoms with Crippen LogP contribution < -0.4 is 5.32 Å². The second kappa shape index (κ2) is 5.71. The minimum atomic E-state index is -0.213. The molecule has 0 radical (unpaired) electrons. The highest BCUT2D eigenvalue weighted by molar-refractivity contribution is 5.93. The Balaban J connectivity index is 1.74. The Morgan fingerprint density at radius 3 is 2.71 bits per heavy atom. The van der Waals surface area contributed by atoms with Crippen molar-refractivity contribution in [1.82, 2.24) is 15.3 Å². The zero-order chi connectivity index (χ0) is 14.7. The Hall–Kier alpha value is -2.75. The number of amides is 1. The summed E-state index contributed by atoms with van der Waals surface area (Å²) in [7, 11) is 0. The summed E-state index contributed by atoms with van der Waals surface area (Å²) in [6, 6.07) is 15.5. The number of aromatic nitrogens is 2. The Bertz CT molecular complexity index is 799. The van der Waals surface area contributed by atoms with Crippen molar-refractivity contribution in [2.24, 2.45) is 0 Å². The quantitative estimate of drug-likeness (QED) is 0.801. The van der Waals surface area contributed by atoms with Crippen LogP contribution in [0.3, 0.4) is 0 Å². The molecule has 0 fully saturated rings. The van der Waals surface area contributed by atoms with E-state index in [-0.39, 0.29) is 5.91 Å². The summed E-state index contributed by atoms with van der Waals surface area (Å²) in [6.45, 7) is 2.51. The molecule has 1 N–H and O–H groups in total. The number of fused-ring (bicyclic) bond motifs is 1. The van der Waals surface area contributed by atoms with Crippen molar-refractivity contribution in [2.75, 3.05) is 0 Å². The lowest BCUT2D eigenvalue weighted by atomic mass is 10.1. The molecule has 0 spiro atoms. The third-order valence-electron chi connectivity index (χ3n) is 3.22. The molecule has 2 aromatic carbocycles. The molecule has 3 aromatic rings. The molecule has 0 aliphatic heterocycles. The average Bonchev–Trinajstić information content (AvgIpc) is 2.52. The van der Waals surface area contributed by atoms with Gasteiger partial charge in [0.1, 0.15) is 5.69 Å². The predicted octanol–water partition coefficient (Wildman–Crippen LogP) is 2.87. The van der Waals surface area contributed by atoms with Gasteiger partial charge >= 0.3 is 0 Å². The summed E-state index contributed by atoms with van der Waals surface area (Å²) in [5.74, 6) is -0.213. The van der Waals surface area contributed by atoms with Crippen molar-refractivity contribution in [3.8, 4) is 0 Å². The second-order valence-corrected chi connectivity index (χ2v) is 4.92. The first-order valence-corrected chi connectivity index (χ1v) is 6.78. The Morgan fingerprint density at radius 2 is 1.90 bits per heavy atom. The number of carbonyl (C=O) groups is 1. The summed E-state index contributed by atoms with van der Waals surface area (Å²) in [5.41, 5.74) is 4.08. The number of nitrogens with one attached hydrogen (secondary N) is 1. The summed E-state index contributed by atoms with van der Waals surface area (Å²) < 4.78 is 0. The molecule has 0 atom stereocenters. The van der Waals surface area contributed by atoms with Crippen LogP contribution in [0.4, 0.5) is 0 Å². The molecule has 4 heteroatoms. The van der Waals surface area contributed by atoms with Crippen LogP contribution in [-0.4, -0.2) is 15.9 Å². The Labute approximate surface area is 122 Å². The summed E-state index contributed by atoms with van der Waals surface area (Å²) in [5, 5.41) is 2.87. The van der Waals surface area contributed by atoms with E-state index in [4.69, 9.17) is 0 Å². The third-order valence-corrected chi connectivity index (χ3v) is 3.22. The molecule has 4 nitrogen and oxygen atoms in total. The van der Waals surface area contributed by atoms with Crippen molar-refractivity contribution in [3.05, 3.63) is 71.5 Å². The normalized spacial score (nSPS) is 10.5. The monoisotopic (exact) mass is 277 g/mol. The van der Waals surface area contributed by atoms with Crippen LogP contribution in [-0.2, 0) is 6.54 Å². The van der Waals surface area contributed by atoms with Gasteiger partial charge in [-0.1, -0.05) is 42.0 Å². The fourth-order valence-electron chi connectivity index (χ4n) is 2.16. The molecule has 1 aromatic heterocycles. The molecule has 104 valence electrons. The number of benzene rings is 2. The van der Waals surface area contributed by atoms with E-state index in [0.717, 1.165) is 16.6 Å². The number of rotatable bonds is 3. The van der Waals surface area contributed by atoms with Crippen LogP contribution in [0, 0.1) is 6.92 Å². The maximum atomic E-state index is 12.1. The molecule has 0 saturated heterocycles. The number of hydrogen-bond acceptors (Lipinski definition) is 3. The van der Waals surface area contributed by atoms with E-state index >= 15 is 0 Å². The molecular formula is C17H15N3O. The summed E-state index contributed by atoms with van der Waals surface area (Å²) >= 11 is 0. The van der Waals surface area contributed by atoms with Crippen molar-refractivity contribution in [1.29, 1.82) is 0 Å². The minimum Gasteiger partial charge on any atom is -0.347 e. The Morgan fingerprint density at radius 1 is 1.10 bits per heavy atom. The first kappa shape index (κ1) is 13.2. The van der Waals surface area contributed by atoms with Gasteiger partial charge in [0.15, 0.2) is 0 Å². The number of nitrogens with zero attached hydrogens (tertiary/aromatic N) is 2. The van der Waals surface area contributed by atoms with Crippen molar-refractivity contribution in [2.45, 2.75) is 13.5 Å². The van der Waals surface area contributed by atoms with Gasteiger partial charge < -0.3 is 5.32 Å². The molecule has 1 heterocycles. The molecule has 3 rings (SSSR count). The molecule has 0 unspecified atom stereocenters. The van der Waals surface area contributed by atoms with Gasteiger partial charge in [0.25, 0.3) is 5.91 Å². The smallest absolute Gasteiger partial charge is 0.271 e. The average molecular weight is 277 g/mol. The zero-order valence-electron chi connectivity index (χ0n) is 11.7. The fraction of sp³-hybridized carbons (Fsp3) is 0.118. The first-order valence-electron chi connectivity index (χ1n) is 6.78. The van der Waals surface area contributed by atoms with Crippen LogP contribution in [0.25, 0.3) is 11.0 Å². The maximum absolute atomic E-state index is 12.1. The highest BCUT2D eigenvalue weighted by Gasteiger charge is 2.08. The van der Waals surface area contributed by atoms with E-state index < -0.39 is 0 Å². The lowest BCUT2D eigenvalue weighted by molar-refractivity contribution is 0.0946. The van der Waals surface area contributed by atoms with E-state index in [0.29, 0.717) is 12.2 Å². The van der Waals surface area contributed by atoms with E-state index in [2.05, 4.69) is 15.3 Å².